The molecule has 2 aromatic carbocycles. The van der Waals surface area contributed by atoms with Gasteiger partial charge in [0.15, 0.2) is 0 Å². The van der Waals surface area contributed by atoms with Gasteiger partial charge >= 0.3 is 0 Å². The van der Waals surface area contributed by atoms with E-state index >= 15 is 0 Å². The highest BCUT2D eigenvalue weighted by Crippen LogP contribution is 2.30. The van der Waals surface area contributed by atoms with Crippen LogP contribution in [0.1, 0.15) is 24.2 Å². The Morgan fingerprint density at radius 3 is 2.62 bits per heavy atom. The van der Waals surface area contributed by atoms with Gasteiger partial charge in [0, 0.05) is 18.0 Å². The van der Waals surface area contributed by atoms with Gasteiger partial charge < -0.3 is 9.84 Å². The largest absolute Gasteiger partial charge is 0.493 e. The lowest BCUT2D eigenvalue weighted by atomic mass is 10.00. The van der Waals surface area contributed by atoms with Crippen molar-refractivity contribution >= 4 is 11.0 Å². The number of para-hydroxylation sites is 1. The molecule has 1 unspecified atom stereocenters. The van der Waals surface area contributed by atoms with Gasteiger partial charge in [0.25, 0.3) is 0 Å². The fourth-order valence-electron chi connectivity index (χ4n) is 2.32. The lowest BCUT2D eigenvalue weighted by molar-refractivity contribution is 0.212. The molecule has 4 nitrogen and oxygen atoms in total. The SMILES string of the molecule is CCOc1ccccc1C(O)c1ccc2nccnc2c1. The first kappa shape index (κ1) is 13.5. The minimum absolute atomic E-state index is 0.562. The van der Waals surface area contributed by atoms with Gasteiger partial charge in [0.05, 0.1) is 17.6 Å². The minimum atomic E-state index is -0.751. The average Bonchev–Trinajstić information content (AvgIpc) is 2.54. The molecule has 0 spiro atoms. The molecule has 0 saturated heterocycles. The van der Waals surface area contributed by atoms with E-state index in [-0.39, 0.29) is 0 Å². The Balaban J connectivity index is 2.02. The zero-order chi connectivity index (χ0) is 14.7. The second-order valence-electron chi connectivity index (χ2n) is 4.68. The number of rotatable bonds is 4. The lowest BCUT2D eigenvalue weighted by Crippen LogP contribution is -2.04. The van der Waals surface area contributed by atoms with E-state index in [0.29, 0.717) is 12.4 Å². The fraction of sp³-hybridized carbons (Fsp3) is 0.176. The zero-order valence-electron chi connectivity index (χ0n) is 11.7. The van der Waals surface area contributed by atoms with Crippen molar-refractivity contribution in [2.24, 2.45) is 0 Å². The zero-order valence-corrected chi connectivity index (χ0v) is 11.7. The first-order valence-corrected chi connectivity index (χ1v) is 6.90. The molecule has 0 radical (unpaired) electrons. The molecule has 0 fully saturated rings. The Labute approximate surface area is 123 Å². The van der Waals surface area contributed by atoms with Crippen LogP contribution in [0, 0.1) is 0 Å². The summed E-state index contributed by atoms with van der Waals surface area (Å²) >= 11 is 0. The van der Waals surface area contributed by atoms with E-state index in [0.717, 1.165) is 22.2 Å². The topological polar surface area (TPSA) is 55.2 Å². The van der Waals surface area contributed by atoms with Crippen LogP contribution in [0.4, 0.5) is 0 Å². The van der Waals surface area contributed by atoms with Crippen molar-refractivity contribution in [3.05, 3.63) is 66.0 Å². The van der Waals surface area contributed by atoms with E-state index < -0.39 is 6.10 Å². The van der Waals surface area contributed by atoms with Gasteiger partial charge in [-0.05, 0) is 30.7 Å². The van der Waals surface area contributed by atoms with Gasteiger partial charge in [-0.2, -0.15) is 0 Å². The number of aromatic nitrogens is 2. The summed E-state index contributed by atoms with van der Waals surface area (Å²) in [7, 11) is 0. The van der Waals surface area contributed by atoms with Gasteiger partial charge in [0.2, 0.25) is 0 Å². The number of hydrogen-bond donors (Lipinski definition) is 1. The summed E-state index contributed by atoms with van der Waals surface area (Å²) in [5.41, 5.74) is 3.10. The highest BCUT2D eigenvalue weighted by atomic mass is 16.5. The monoisotopic (exact) mass is 280 g/mol. The summed E-state index contributed by atoms with van der Waals surface area (Å²) in [6, 6.07) is 13.1. The van der Waals surface area contributed by atoms with Crippen LogP contribution in [0.3, 0.4) is 0 Å². The van der Waals surface area contributed by atoms with E-state index in [9.17, 15) is 5.11 Å². The molecule has 1 aromatic heterocycles. The molecular weight excluding hydrogens is 264 g/mol. The van der Waals surface area contributed by atoms with Crippen molar-refractivity contribution in [2.45, 2.75) is 13.0 Å². The van der Waals surface area contributed by atoms with Crippen molar-refractivity contribution in [1.82, 2.24) is 9.97 Å². The predicted molar refractivity (Wildman–Crippen MR) is 81.2 cm³/mol. The van der Waals surface area contributed by atoms with Crippen LogP contribution in [0.15, 0.2) is 54.9 Å². The summed E-state index contributed by atoms with van der Waals surface area (Å²) in [6.45, 7) is 2.49. The second-order valence-corrected chi connectivity index (χ2v) is 4.68. The molecule has 0 bridgehead atoms. The highest BCUT2D eigenvalue weighted by molar-refractivity contribution is 5.74. The summed E-state index contributed by atoms with van der Waals surface area (Å²) < 4.78 is 5.58. The van der Waals surface area contributed by atoms with Crippen LogP contribution in [0.25, 0.3) is 11.0 Å². The van der Waals surface area contributed by atoms with Crippen LogP contribution in [-0.4, -0.2) is 21.7 Å². The Bertz CT molecular complexity index is 758. The lowest BCUT2D eigenvalue weighted by Gasteiger charge is -2.16. The number of nitrogens with zero attached hydrogens (tertiary/aromatic N) is 2. The third-order valence-electron chi connectivity index (χ3n) is 3.32. The summed E-state index contributed by atoms with van der Waals surface area (Å²) in [5, 5.41) is 10.6. The number of ether oxygens (including phenoxy) is 1. The highest BCUT2D eigenvalue weighted by Gasteiger charge is 2.15. The van der Waals surface area contributed by atoms with Crippen LogP contribution >= 0.6 is 0 Å². The number of aliphatic hydroxyl groups excluding tert-OH is 1. The Kier molecular flexibility index (Phi) is 3.79. The van der Waals surface area contributed by atoms with E-state index in [1.807, 2.05) is 49.4 Å². The third-order valence-corrected chi connectivity index (χ3v) is 3.32. The number of benzene rings is 2. The summed E-state index contributed by atoms with van der Waals surface area (Å²) in [5.74, 6) is 0.701. The first-order chi connectivity index (χ1) is 10.3. The Morgan fingerprint density at radius 2 is 1.81 bits per heavy atom. The molecule has 0 aliphatic heterocycles. The first-order valence-electron chi connectivity index (χ1n) is 6.90. The van der Waals surface area contributed by atoms with E-state index in [1.165, 1.54) is 0 Å². The Hall–Kier alpha value is -2.46. The second kappa shape index (κ2) is 5.89. The van der Waals surface area contributed by atoms with Gasteiger partial charge in [-0.3, -0.25) is 9.97 Å². The Morgan fingerprint density at radius 1 is 1.05 bits per heavy atom. The van der Waals surface area contributed by atoms with Gasteiger partial charge in [-0.25, -0.2) is 0 Å². The van der Waals surface area contributed by atoms with Crippen molar-refractivity contribution in [1.29, 1.82) is 0 Å². The number of aliphatic hydroxyl groups is 1. The normalized spacial score (nSPS) is 12.3. The standard InChI is InChI=1S/C17H16N2O2/c1-2-21-16-6-4-3-5-13(16)17(20)12-7-8-14-15(11-12)19-10-9-18-14/h3-11,17,20H,2H2,1H3. The van der Waals surface area contributed by atoms with Crippen molar-refractivity contribution in [3.63, 3.8) is 0 Å². The maximum atomic E-state index is 10.6. The van der Waals surface area contributed by atoms with Crippen LogP contribution < -0.4 is 4.74 Å². The fourth-order valence-corrected chi connectivity index (χ4v) is 2.32. The number of hydrogen-bond acceptors (Lipinski definition) is 4. The van der Waals surface area contributed by atoms with Crippen molar-refractivity contribution in [3.8, 4) is 5.75 Å². The van der Waals surface area contributed by atoms with Crippen LogP contribution in [0.5, 0.6) is 5.75 Å². The maximum Gasteiger partial charge on any atom is 0.125 e. The quantitative estimate of drug-likeness (QED) is 0.797. The van der Waals surface area contributed by atoms with Crippen molar-refractivity contribution < 1.29 is 9.84 Å². The van der Waals surface area contributed by atoms with Crippen LogP contribution in [-0.2, 0) is 0 Å². The molecule has 106 valence electrons. The molecule has 0 aliphatic rings. The molecule has 0 saturated carbocycles. The third kappa shape index (κ3) is 2.71. The van der Waals surface area contributed by atoms with Gasteiger partial charge in [-0.1, -0.05) is 24.3 Å². The summed E-state index contributed by atoms with van der Waals surface area (Å²) in [4.78, 5) is 8.50. The molecule has 1 N–H and O–H groups in total. The molecule has 21 heavy (non-hydrogen) atoms. The molecule has 4 heteroatoms. The number of fused-ring (bicyclic) bond motifs is 1. The van der Waals surface area contributed by atoms with Crippen molar-refractivity contribution in [2.75, 3.05) is 6.61 Å². The molecular formula is C17H16N2O2. The molecule has 0 aliphatic carbocycles. The smallest absolute Gasteiger partial charge is 0.125 e. The van der Waals surface area contributed by atoms with Gasteiger partial charge in [-0.15, -0.1) is 0 Å². The van der Waals surface area contributed by atoms with E-state index in [1.54, 1.807) is 12.4 Å². The molecule has 1 atom stereocenters. The summed E-state index contributed by atoms with van der Waals surface area (Å²) in [6.07, 6.45) is 2.55. The maximum absolute atomic E-state index is 10.6. The molecule has 3 rings (SSSR count). The average molecular weight is 280 g/mol. The van der Waals surface area contributed by atoms with E-state index in [2.05, 4.69) is 9.97 Å². The van der Waals surface area contributed by atoms with E-state index in [4.69, 9.17) is 4.74 Å². The molecule has 3 aromatic rings. The minimum Gasteiger partial charge on any atom is -0.493 e. The molecule has 0 amide bonds. The van der Waals surface area contributed by atoms with Crippen LogP contribution in [0.2, 0.25) is 0 Å². The van der Waals surface area contributed by atoms with Gasteiger partial charge in [0.1, 0.15) is 11.9 Å². The predicted octanol–water partition coefficient (Wildman–Crippen LogP) is 3.11. The molecule has 1 heterocycles.